The van der Waals surface area contributed by atoms with Gasteiger partial charge in [0.15, 0.2) is 0 Å². The van der Waals surface area contributed by atoms with Crippen LogP contribution in [-0.4, -0.2) is 36.5 Å². The highest BCUT2D eigenvalue weighted by atomic mass is 32.2. The quantitative estimate of drug-likeness (QED) is 0.523. The van der Waals surface area contributed by atoms with Gasteiger partial charge in [-0.1, -0.05) is 60.3 Å². The molecule has 0 N–H and O–H groups in total. The van der Waals surface area contributed by atoms with Gasteiger partial charge in [0, 0.05) is 24.7 Å². The van der Waals surface area contributed by atoms with Crippen molar-refractivity contribution >= 4 is 29.1 Å². The molecule has 0 saturated carbocycles. The second kappa shape index (κ2) is 8.83. The van der Waals surface area contributed by atoms with Gasteiger partial charge in [-0.2, -0.15) is 0 Å². The van der Waals surface area contributed by atoms with Crippen LogP contribution in [0, 0.1) is 0 Å². The summed E-state index contributed by atoms with van der Waals surface area (Å²) in [6, 6.07) is 19.0. The van der Waals surface area contributed by atoms with Gasteiger partial charge in [0.25, 0.3) is 11.8 Å². The molecule has 5 heteroatoms. The van der Waals surface area contributed by atoms with Crippen LogP contribution in [0.4, 0.5) is 0 Å². The maximum Gasteiger partial charge on any atom is 0.268 e. The van der Waals surface area contributed by atoms with E-state index in [2.05, 4.69) is 0 Å². The molecule has 1 aliphatic rings. The molecule has 0 radical (unpaired) electrons. The Morgan fingerprint density at radius 1 is 0.923 bits per heavy atom. The number of thioether (sulfide) groups is 1. The summed E-state index contributed by atoms with van der Waals surface area (Å²) >= 11 is 1.35. The summed E-state index contributed by atoms with van der Waals surface area (Å²) in [5, 5.41) is 0. The number of ether oxygens (including phenoxy) is 1. The molecule has 0 spiro atoms. The number of rotatable bonds is 8. The second-order valence-electron chi connectivity index (χ2n) is 5.80. The summed E-state index contributed by atoms with van der Waals surface area (Å²) in [5.41, 5.74) is 1.26. The molecular weight excluding hydrogens is 346 g/mol. The Morgan fingerprint density at radius 3 is 2.23 bits per heavy atom. The molecule has 0 unspecified atom stereocenters. The van der Waals surface area contributed by atoms with Crippen LogP contribution in [-0.2, 0) is 14.3 Å². The van der Waals surface area contributed by atoms with Gasteiger partial charge in [-0.25, -0.2) is 0 Å². The summed E-state index contributed by atoms with van der Waals surface area (Å²) in [6.07, 6.45) is 0.636. The van der Waals surface area contributed by atoms with Crippen molar-refractivity contribution in [3.63, 3.8) is 0 Å². The first-order valence-corrected chi connectivity index (χ1v) is 9.50. The number of carbonyl (C=O) groups is 2. The number of nitrogens with zero attached hydrogens (tertiary/aromatic N) is 1. The van der Waals surface area contributed by atoms with Gasteiger partial charge in [-0.05, 0) is 31.0 Å². The monoisotopic (exact) mass is 367 g/mol. The normalized spacial score (nSPS) is 14.4. The number of carbonyl (C=O) groups excluding carboxylic acids is 2. The van der Waals surface area contributed by atoms with E-state index in [1.54, 1.807) is 0 Å². The molecule has 1 aliphatic heterocycles. The Morgan fingerprint density at radius 2 is 1.58 bits per heavy atom. The molecule has 0 bridgehead atoms. The average Bonchev–Trinajstić information content (AvgIpc) is 2.90. The van der Waals surface area contributed by atoms with Crippen LogP contribution >= 0.6 is 11.8 Å². The third kappa shape index (κ3) is 4.06. The van der Waals surface area contributed by atoms with E-state index < -0.39 is 0 Å². The molecule has 2 aromatic carbocycles. The predicted molar refractivity (Wildman–Crippen MR) is 103 cm³/mol. The third-order valence-electron chi connectivity index (χ3n) is 4.03. The van der Waals surface area contributed by atoms with Crippen LogP contribution in [0.5, 0.6) is 0 Å². The molecular formula is C21H21NO3S. The third-order valence-corrected chi connectivity index (χ3v) is 5.12. The van der Waals surface area contributed by atoms with E-state index in [9.17, 15) is 9.59 Å². The lowest BCUT2D eigenvalue weighted by Crippen LogP contribution is -2.33. The lowest BCUT2D eigenvalue weighted by Gasteiger charge is -2.14. The summed E-state index contributed by atoms with van der Waals surface area (Å²) < 4.78 is 5.33. The fraction of sp³-hybridized carbons (Fsp3) is 0.238. The molecule has 0 atom stereocenters. The molecule has 2 amide bonds. The maximum atomic E-state index is 13.0. The van der Waals surface area contributed by atoms with E-state index >= 15 is 0 Å². The number of hydrogen-bond donors (Lipinski definition) is 0. The number of benzene rings is 2. The Labute approximate surface area is 157 Å². The molecule has 0 aliphatic carbocycles. The Hall–Kier alpha value is -2.37. The summed E-state index contributed by atoms with van der Waals surface area (Å²) in [4.78, 5) is 28.7. The molecule has 3 rings (SSSR count). The summed E-state index contributed by atoms with van der Waals surface area (Å²) in [5.74, 6) is -0.449. The zero-order valence-electron chi connectivity index (χ0n) is 14.7. The Bertz CT molecular complexity index is 803. The minimum atomic E-state index is -0.226. The molecule has 26 heavy (non-hydrogen) atoms. The number of hydrogen-bond acceptors (Lipinski definition) is 4. The van der Waals surface area contributed by atoms with Crippen molar-refractivity contribution in [1.29, 1.82) is 0 Å². The van der Waals surface area contributed by atoms with Gasteiger partial charge < -0.3 is 4.74 Å². The SMILES string of the molecule is CCOCCCN1C(=O)C(Sc2ccccc2)=C(c2ccccc2)C1=O. The van der Waals surface area contributed by atoms with Gasteiger partial charge in [0.2, 0.25) is 0 Å². The van der Waals surface area contributed by atoms with E-state index in [1.807, 2.05) is 67.6 Å². The van der Waals surface area contributed by atoms with Crippen LogP contribution in [0.1, 0.15) is 18.9 Å². The van der Waals surface area contributed by atoms with Crippen molar-refractivity contribution < 1.29 is 14.3 Å². The van der Waals surface area contributed by atoms with Crippen LogP contribution in [0.3, 0.4) is 0 Å². The largest absolute Gasteiger partial charge is 0.382 e. The molecule has 1 heterocycles. The first-order chi connectivity index (χ1) is 12.7. The molecule has 0 fully saturated rings. The fourth-order valence-electron chi connectivity index (χ4n) is 2.79. The molecule has 0 aromatic heterocycles. The van der Waals surface area contributed by atoms with Crippen molar-refractivity contribution in [2.45, 2.75) is 18.2 Å². The fourth-order valence-corrected chi connectivity index (χ4v) is 3.82. The summed E-state index contributed by atoms with van der Waals surface area (Å²) in [7, 11) is 0. The number of imide groups is 1. The van der Waals surface area contributed by atoms with E-state index in [4.69, 9.17) is 4.74 Å². The molecule has 2 aromatic rings. The van der Waals surface area contributed by atoms with E-state index in [0.717, 1.165) is 10.5 Å². The zero-order chi connectivity index (χ0) is 18.4. The first kappa shape index (κ1) is 18.4. The Kier molecular flexibility index (Phi) is 6.26. The minimum Gasteiger partial charge on any atom is -0.382 e. The topological polar surface area (TPSA) is 46.6 Å². The highest BCUT2D eigenvalue weighted by molar-refractivity contribution is 8.04. The van der Waals surface area contributed by atoms with Gasteiger partial charge in [-0.15, -0.1) is 0 Å². The standard InChI is InChI=1S/C21H21NO3S/c1-2-25-15-9-14-22-20(23)18(16-10-5-3-6-11-16)19(21(22)24)26-17-12-7-4-8-13-17/h3-8,10-13H,2,9,14-15H2,1H3. The van der Waals surface area contributed by atoms with Crippen molar-refractivity contribution in [1.82, 2.24) is 4.90 Å². The second-order valence-corrected chi connectivity index (χ2v) is 6.88. The van der Waals surface area contributed by atoms with Crippen molar-refractivity contribution in [3.05, 3.63) is 71.1 Å². The molecule has 134 valence electrons. The highest BCUT2D eigenvalue weighted by Crippen LogP contribution is 2.39. The van der Waals surface area contributed by atoms with Crippen LogP contribution in [0.25, 0.3) is 5.57 Å². The smallest absolute Gasteiger partial charge is 0.268 e. The van der Waals surface area contributed by atoms with Crippen LogP contribution < -0.4 is 0 Å². The lowest BCUT2D eigenvalue weighted by molar-refractivity contribution is -0.136. The van der Waals surface area contributed by atoms with Gasteiger partial charge in [0.05, 0.1) is 10.5 Å². The van der Waals surface area contributed by atoms with Crippen LogP contribution in [0.15, 0.2) is 70.5 Å². The van der Waals surface area contributed by atoms with E-state index in [-0.39, 0.29) is 11.8 Å². The highest BCUT2D eigenvalue weighted by Gasteiger charge is 2.38. The maximum absolute atomic E-state index is 13.0. The van der Waals surface area contributed by atoms with E-state index in [1.165, 1.54) is 16.7 Å². The van der Waals surface area contributed by atoms with Crippen molar-refractivity contribution in [2.24, 2.45) is 0 Å². The minimum absolute atomic E-state index is 0.223. The van der Waals surface area contributed by atoms with Crippen molar-refractivity contribution in [2.75, 3.05) is 19.8 Å². The van der Waals surface area contributed by atoms with Gasteiger partial charge in [-0.3, -0.25) is 14.5 Å². The average molecular weight is 367 g/mol. The predicted octanol–water partition coefficient (Wildman–Crippen LogP) is 3.99. The van der Waals surface area contributed by atoms with Crippen LogP contribution in [0.2, 0.25) is 0 Å². The summed E-state index contributed by atoms with van der Waals surface area (Å²) in [6.45, 7) is 3.46. The van der Waals surface area contributed by atoms with E-state index in [0.29, 0.717) is 36.7 Å². The van der Waals surface area contributed by atoms with Gasteiger partial charge >= 0.3 is 0 Å². The Balaban J connectivity index is 1.90. The lowest BCUT2D eigenvalue weighted by atomic mass is 10.1. The van der Waals surface area contributed by atoms with Crippen molar-refractivity contribution in [3.8, 4) is 0 Å². The van der Waals surface area contributed by atoms with Gasteiger partial charge in [0.1, 0.15) is 0 Å². The zero-order valence-corrected chi connectivity index (χ0v) is 15.5. The molecule has 0 saturated heterocycles. The molecule has 4 nitrogen and oxygen atoms in total. The number of amides is 2. The first-order valence-electron chi connectivity index (χ1n) is 8.69.